The zero-order valence-corrected chi connectivity index (χ0v) is 18.2. The van der Waals surface area contributed by atoms with Crippen molar-refractivity contribution in [2.75, 3.05) is 4.72 Å². The number of nitrogens with zero attached hydrogens (tertiary/aromatic N) is 3. The summed E-state index contributed by atoms with van der Waals surface area (Å²) in [6.45, 7) is 4.28. The lowest BCUT2D eigenvalue weighted by Crippen LogP contribution is -2.14. The molecule has 1 atom stereocenters. The van der Waals surface area contributed by atoms with Gasteiger partial charge in [-0.2, -0.15) is 5.10 Å². The van der Waals surface area contributed by atoms with E-state index in [1.54, 1.807) is 28.9 Å². The summed E-state index contributed by atoms with van der Waals surface area (Å²) in [7, 11) is -2.33. The number of aromatic nitrogens is 3. The number of hydrogen-bond acceptors (Lipinski definition) is 4. The largest absolute Gasteiger partial charge is 0.506 e. The maximum absolute atomic E-state index is 9.73. The second-order valence-electron chi connectivity index (χ2n) is 7.39. The molecule has 1 unspecified atom stereocenters. The van der Waals surface area contributed by atoms with Crippen LogP contribution in [-0.4, -0.2) is 25.6 Å². The summed E-state index contributed by atoms with van der Waals surface area (Å²) in [4.78, 5) is 4.83. The Morgan fingerprint density at radius 2 is 1.87 bits per heavy atom. The molecule has 4 aromatic rings. The van der Waals surface area contributed by atoms with Crippen LogP contribution in [0.4, 0.5) is 5.82 Å². The van der Waals surface area contributed by atoms with E-state index in [4.69, 9.17) is 16.4 Å². The minimum Gasteiger partial charge on any atom is -0.506 e. The lowest BCUT2D eigenvalue weighted by Gasteiger charge is -2.18. The van der Waals surface area contributed by atoms with Crippen LogP contribution in [0.15, 0.2) is 65.8 Å². The van der Waals surface area contributed by atoms with Gasteiger partial charge in [0.05, 0.1) is 22.4 Å². The topological polar surface area (TPSA) is 86.3 Å². The number of fused-ring (bicyclic) bond motifs is 1. The van der Waals surface area contributed by atoms with E-state index >= 15 is 0 Å². The van der Waals surface area contributed by atoms with Crippen molar-refractivity contribution in [3.05, 3.63) is 71.5 Å². The first-order chi connectivity index (χ1) is 14.2. The Kier molecular flexibility index (Phi) is 5.17. The number of nitrogens with one attached hydrogen (secondary N) is 2. The zero-order valence-electron chi connectivity index (χ0n) is 16.6. The van der Waals surface area contributed by atoms with E-state index in [1.807, 2.05) is 30.3 Å². The van der Waals surface area contributed by atoms with Crippen LogP contribution >= 0.6 is 11.6 Å². The van der Waals surface area contributed by atoms with E-state index in [2.05, 4.69) is 34.5 Å². The van der Waals surface area contributed by atoms with Crippen LogP contribution in [0, 0.1) is 4.78 Å². The summed E-state index contributed by atoms with van der Waals surface area (Å²) in [6, 6.07) is 15.0. The van der Waals surface area contributed by atoms with Crippen molar-refractivity contribution in [3.8, 4) is 17.0 Å². The summed E-state index contributed by atoms with van der Waals surface area (Å²) in [6.07, 6.45) is 2.99. The molecule has 6 nitrogen and oxygen atoms in total. The van der Waals surface area contributed by atoms with Crippen LogP contribution in [0.25, 0.3) is 16.8 Å². The lowest BCUT2D eigenvalue weighted by atomic mass is 10.0. The Bertz CT molecular complexity index is 1330. The molecule has 3 heterocycles. The molecule has 0 spiro atoms. The van der Waals surface area contributed by atoms with E-state index in [9.17, 15) is 5.11 Å². The van der Waals surface area contributed by atoms with E-state index in [0.29, 0.717) is 33.5 Å². The molecular formula is C22H22ClN5OS. The third-order valence-corrected chi connectivity index (χ3v) is 6.77. The normalized spacial score (nSPS) is 13.5. The molecule has 0 saturated carbocycles. The summed E-state index contributed by atoms with van der Waals surface area (Å²) in [5.74, 6) is 5.24. The molecule has 1 aromatic carbocycles. The minimum absolute atomic E-state index is 0.0613. The quantitative estimate of drug-likeness (QED) is 0.352. The fraction of sp³-hybridized carbons (Fsp3) is 0.136. The molecule has 0 radical (unpaired) electrons. The highest BCUT2D eigenvalue weighted by Crippen LogP contribution is 2.29. The van der Waals surface area contributed by atoms with E-state index in [0.717, 1.165) is 4.90 Å². The Morgan fingerprint density at radius 1 is 1.13 bits per heavy atom. The van der Waals surface area contributed by atoms with Gasteiger partial charge in [0, 0.05) is 16.7 Å². The average molecular weight is 440 g/mol. The highest BCUT2D eigenvalue weighted by molar-refractivity contribution is 8.02. The van der Waals surface area contributed by atoms with Gasteiger partial charge in [0.25, 0.3) is 0 Å². The minimum atomic E-state index is -2.33. The maximum Gasteiger partial charge on any atom is 0.138 e. The molecule has 4 rings (SSSR count). The van der Waals surface area contributed by atoms with Gasteiger partial charge in [0.15, 0.2) is 0 Å². The zero-order chi connectivity index (χ0) is 21.5. The van der Waals surface area contributed by atoms with Crippen LogP contribution < -0.4 is 4.72 Å². The third-order valence-electron chi connectivity index (χ3n) is 4.82. The molecule has 8 heteroatoms. The van der Waals surface area contributed by atoms with Gasteiger partial charge < -0.3 is 9.83 Å². The van der Waals surface area contributed by atoms with Crippen molar-refractivity contribution in [3.63, 3.8) is 0 Å². The van der Waals surface area contributed by atoms with Crippen molar-refractivity contribution < 1.29 is 5.11 Å². The van der Waals surface area contributed by atoms with Gasteiger partial charge in [-0.25, -0.2) is 4.52 Å². The third kappa shape index (κ3) is 3.86. The predicted octanol–water partition coefficient (Wildman–Crippen LogP) is 5.61. The number of aromatic hydroxyl groups is 1. The summed E-state index contributed by atoms with van der Waals surface area (Å²) < 4.78 is 13.8. The molecule has 0 aliphatic carbocycles. The van der Waals surface area contributed by atoms with Gasteiger partial charge in [0.1, 0.15) is 11.6 Å². The second kappa shape index (κ2) is 7.66. The fourth-order valence-corrected chi connectivity index (χ4v) is 4.58. The molecule has 0 bridgehead atoms. The number of benzene rings is 1. The smallest absolute Gasteiger partial charge is 0.138 e. The molecule has 0 fully saturated rings. The molecule has 0 saturated heterocycles. The maximum atomic E-state index is 9.73. The van der Waals surface area contributed by atoms with Crippen molar-refractivity contribution in [1.82, 2.24) is 14.6 Å². The van der Waals surface area contributed by atoms with Gasteiger partial charge >= 0.3 is 0 Å². The van der Waals surface area contributed by atoms with Gasteiger partial charge in [0.2, 0.25) is 0 Å². The van der Waals surface area contributed by atoms with Crippen molar-refractivity contribution in [2.24, 2.45) is 0 Å². The molecule has 0 aliphatic heterocycles. The number of halogens is 1. The fourth-order valence-electron chi connectivity index (χ4n) is 3.15. The van der Waals surface area contributed by atoms with E-state index < -0.39 is 9.60 Å². The van der Waals surface area contributed by atoms with Gasteiger partial charge in [-0.1, -0.05) is 37.6 Å². The molecular weight excluding hydrogens is 418 g/mol. The first kappa shape index (κ1) is 20.3. The van der Waals surface area contributed by atoms with Crippen LogP contribution in [0.3, 0.4) is 0 Å². The SMILES string of the molecule is C=S(=N)(Nc1ccc(Cl)c2cc(-c3cncc(O)c3)nn12)c1ccc(C(C)C)cc1. The highest BCUT2D eigenvalue weighted by Gasteiger charge is 2.14. The summed E-state index contributed by atoms with van der Waals surface area (Å²) >= 11 is 6.39. The summed E-state index contributed by atoms with van der Waals surface area (Å²) in [5, 5.41) is 14.9. The Hall–Kier alpha value is -3.03. The number of pyridine rings is 2. The number of hydrogen-bond donors (Lipinski definition) is 3. The highest BCUT2D eigenvalue weighted by atomic mass is 35.5. The van der Waals surface area contributed by atoms with E-state index in [1.165, 1.54) is 11.8 Å². The monoisotopic (exact) mass is 439 g/mol. The van der Waals surface area contributed by atoms with Gasteiger partial charge in [-0.15, -0.1) is 0 Å². The molecule has 3 aromatic heterocycles. The predicted molar refractivity (Wildman–Crippen MR) is 125 cm³/mol. The van der Waals surface area contributed by atoms with Crippen LogP contribution in [0.5, 0.6) is 5.75 Å². The van der Waals surface area contributed by atoms with Crippen LogP contribution in [0.1, 0.15) is 25.3 Å². The molecule has 154 valence electrons. The second-order valence-corrected chi connectivity index (χ2v) is 9.95. The lowest BCUT2D eigenvalue weighted by molar-refractivity contribution is 0.473. The molecule has 0 amide bonds. The molecule has 0 aliphatic rings. The van der Waals surface area contributed by atoms with Crippen LogP contribution in [0.2, 0.25) is 5.02 Å². The number of rotatable bonds is 5. The Labute approximate surface area is 180 Å². The average Bonchev–Trinajstić information content (AvgIpc) is 3.17. The Balaban J connectivity index is 1.74. The number of anilines is 1. The molecule has 30 heavy (non-hydrogen) atoms. The first-order valence-corrected chi connectivity index (χ1v) is 11.5. The summed E-state index contributed by atoms with van der Waals surface area (Å²) in [5.41, 5.74) is 3.19. The van der Waals surface area contributed by atoms with Crippen molar-refractivity contribution in [2.45, 2.75) is 24.7 Å². The standard InChI is InChI=1S/C22H22ClN5OS/c1-14(2)15-4-6-18(7-5-15)30(3,24)27-22-9-8-19(23)21-11-20(26-28(21)22)16-10-17(29)13-25-12-16/h4-14,29H,3H2,1-2H3,(H2,24,27). The van der Waals surface area contributed by atoms with Gasteiger partial charge in [-0.05, 0) is 63.3 Å². The van der Waals surface area contributed by atoms with Crippen molar-refractivity contribution in [1.29, 1.82) is 4.78 Å². The molecule has 3 N–H and O–H groups in total. The van der Waals surface area contributed by atoms with E-state index in [-0.39, 0.29) is 5.75 Å². The van der Waals surface area contributed by atoms with Gasteiger partial charge in [-0.3, -0.25) is 9.76 Å². The Morgan fingerprint density at radius 3 is 2.53 bits per heavy atom. The van der Waals surface area contributed by atoms with Crippen LogP contribution in [-0.2, 0) is 9.60 Å². The van der Waals surface area contributed by atoms with Crippen molar-refractivity contribution >= 4 is 38.4 Å². The first-order valence-electron chi connectivity index (χ1n) is 9.36.